The van der Waals surface area contributed by atoms with Crippen LogP contribution in [0.1, 0.15) is 45.4 Å². The summed E-state index contributed by atoms with van der Waals surface area (Å²) in [6, 6.07) is -0.218. The minimum absolute atomic E-state index is 0.0378. The van der Waals surface area contributed by atoms with Gasteiger partial charge in [-0.05, 0) is 44.4 Å². The Kier molecular flexibility index (Phi) is 5.03. The van der Waals surface area contributed by atoms with Crippen LogP contribution in [0, 0.1) is 17.7 Å². The summed E-state index contributed by atoms with van der Waals surface area (Å²) in [6.45, 7) is 4.63. The number of rotatable bonds is 4. The van der Waals surface area contributed by atoms with Crippen molar-refractivity contribution in [2.45, 2.75) is 69.2 Å². The molecule has 0 radical (unpaired) electrons. The van der Waals surface area contributed by atoms with Gasteiger partial charge in [0, 0.05) is 17.5 Å². The summed E-state index contributed by atoms with van der Waals surface area (Å²) in [5, 5.41) is 0. The van der Waals surface area contributed by atoms with Crippen molar-refractivity contribution in [3.63, 3.8) is 0 Å². The van der Waals surface area contributed by atoms with Gasteiger partial charge in [0.1, 0.15) is 5.82 Å². The molecular weight excluding hydrogens is 363 g/mol. The molecule has 2 heterocycles. The van der Waals surface area contributed by atoms with E-state index in [4.69, 9.17) is 15.2 Å². The molecule has 3 fully saturated rings. The van der Waals surface area contributed by atoms with Crippen LogP contribution in [0.4, 0.5) is 9.18 Å². The maximum atomic E-state index is 13.2. The number of aromatic nitrogens is 2. The molecule has 154 valence electrons. The molecule has 0 bridgehead atoms. The molecule has 1 saturated heterocycles. The Morgan fingerprint density at radius 1 is 1.36 bits per heavy atom. The van der Waals surface area contributed by atoms with Gasteiger partial charge in [0.2, 0.25) is 0 Å². The van der Waals surface area contributed by atoms with E-state index in [0.29, 0.717) is 18.4 Å². The van der Waals surface area contributed by atoms with Gasteiger partial charge < -0.3 is 15.2 Å². The van der Waals surface area contributed by atoms with Gasteiger partial charge >= 0.3 is 6.09 Å². The maximum absolute atomic E-state index is 13.2. The molecule has 2 aliphatic carbocycles. The smallest absolute Gasteiger partial charge is 0.410 e. The van der Waals surface area contributed by atoms with Crippen molar-refractivity contribution in [3.8, 4) is 0 Å². The van der Waals surface area contributed by atoms with Crippen molar-refractivity contribution in [2.75, 3.05) is 13.7 Å². The lowest BCUT2D eigenvalue weighted by Crippen LogP contribution is -2.48. The number of carbonyl (C=O) groups excluding carboxylic acids is 1. The lowest BCUT2D eigenvalue weighted by atomic mass is 9.85. The molecule has 1 aliphatic heterocycles. The summed E-state index contributed by atoms with van der Waals surface area (Å²) in [6.07, 6.45) is 5.81. The Morgan fingerprint density at radius 3 is 2.71 bits per heavy atom. The van der Waals surface area contributed by atoms with E-state index >= 15 is 0 Å². The van der Waals surface area contributed by atoms with E-state index in [-0.39, 0.29) is 35.7 Å². The highest BCUT2D eigenvalue weighted by Gasteiger charge is 2.66. The molecule has 2 saturated carbocycles. The zero-order chi connectivity index (χ0) is 20.1. The Bertz CT molecular complexity index is 733. The van der Waals surface area contributed by atoms with Gasteiger partial charge in [-0.1, -0.05) is 6.92 Å². The van der Waals surface area contributed by atoms with Gasteiger partial charge in [0.05, 0.1) is 38.3 Å². The second kappa shape index (κ2) is 7.22. The van der Waals surface area contributed by atoms with Gasteiger partial charge in [-0.15, -0.1) is 0 Å². The van der Waals surface area contributed by atoms with Gasteiger partial charge in [-0.3, -0.25) is 4.90 Å². The first-order valence-corrected chi connectivity index (χ1v) is 10.1. The average molecular weight is 392 g/mol. The van der Waals surface area contributed by atoms with Crippen LogP contribution in [-0.2, 0) is 14.9 Å². The second-order valence-corrected chi connectivity index (χ2v) is 8.58. The fourth-order valence-electron chi connectivity index (χ4n) is 5.60. The number of amides is 1. The predicted octanol–water partition coefficient (Wildman–Crippen LogP) is 2.25. The Hall–Kier alpha value is -1.80. The largest absolute Gasteiger partial charge is 0.453 e. The van der Waals surface area contributed by atoms with Crippen LogP contribution in [0.3, 0.4) is 0 Å². The molecular formula is C20H29FN4O3. The maximum Gasteiger partial charge on any atom is 0.410 e. The Balaban J connectivity index is 1.37. The van der Waals surface area contributed by atoms with Crippen molar-refractivity contribution in [1.29, 1.82) is 0 Å². The van der Waals surface area contributed by atoms with Crippen molar-refractivity contribution in [2.24, 2.45) is 17.6 Å². The van der Waals surface area contributed by atoms with E-state index < -0.39 is 5.82 Å². The number of nitrogens with two attached hydrogens (primary N) is 1. The van der Waals surface area contributed by atoms with Gasteiger partial charge in [-0.25, -0.2) is 19.2 Å². The fourth-order valence-corrected chi connectivity index (χ4v) is 5.60. The van der Waals surface area contributed by atoms with Crippen molar-refractivity contribution < 1.29 is 18.7 Å². The monoisotopic (exact) mass is 392 g/mol. The van der Waals surface area contributed by atoms with E-state index in [2.05, 4.69) is 16.9 Å². The molecule has 7 nitrogen and oxygen atoms in total. The number of likely N-dealkylation sites (tertiary alicyclic amines) is 1. The van der Waals surface area contributed by atoms with Crippen molar-refractivity contribution >= 4 is 6.09 Å². The number of halogens is 1. The number of carbonyl (C=O) groups is 1. The fraction of sp³-hybridized carbons (Fsp3) is 0.750. The van der Waals surface area contributed by atoms with Crippen LogP contribution in [-0.4, -0.2) is 58.9 Å². The molecule has 1 amide bonds. The highest BCUT2D eigenvalue weighted by molar-refractivity contribution is 5.69. The van der Waals surface area contributed by atoms with Crippen LogP contribution in [0.15, 0.2) is 12.4 Å². The van der Waals surface area contributed by atoms with Crippen LogP contribution < -0.4 is 5.73 Å². The van der Waals surface area contributed by atoms with Gasteiger partial charge in [0.15, 0.2) is 5.82 Å². The summed E-state index contributed by atoms with van der Waals surface area (Å²) >= 11 is 0. The Morgan fingerprint density at radius 2 is 2.07 bits per heavy atom. The van der Waals surface area contributed by atoms with E-state index in [9.17, 15) is 9.18 Å². The number of ether oxygens (including phenoxy) is 2. The molecule has 0 aromatic carbocycles. The lowest BCUT2D eigenvalue weighted by Gasteiger charge is -2.32. The zero-order valence-electron chi connectivity index (χ0n) is 16.7. The number of nitrogens with zero attached hydrogens (tertiary/aromatic N) is 3. The molecule has 4 rings (SSSR count). The molecule has 8 heteroatoms. The summed E-state index contributed by atoms with van der Waals surface area (Å²) < 4.78 is 24.3. The quantitative estimate of drug-likeness (QED) is 0.845. The minimum Gasteiger partial charge on any atom is -0.453 e. The predicted molar refractivity (Wildman–Crippen MR) is 100.0 cm³/mol. The zero-order valence-corrected chi connectivity index (χ0v) is 16.7. The summed E-state index contributed by atoms with van der Waals surface area (Å²) in [7, 11) is 1.39. The van der Waals surface area contributed by atoms with Crippen molar-refractivity contribution in [3.05, 3.63) is 24.0 Å². The van der Waals surface area contributed by atoms with Crippen LogP contribution in [0.25, 0.3) is 0 Å². The van der Waals surface area contributed by atoms with Crippen molar-refractivity contribution in [1.82, 2.24) is 14.9 Å². The number of hydrogen-bond acceptors (Lipinski definition) is 6. The molecule has 1 aromatic rings. The molecule has 2 N–H and O–H groups in total. The molecule has 0 unspecified atom stereocenters. The van der Waals surface area contributed by atoms with E-state index in [1.54, 1.807) is 4.90 Å². The van der Waals surface area contributed by atoms with Gasteiger partial charge in [-0.2, -0.15) is 0 Å². The minimum atomic E-state index is -0.403. The standard InChI is InChI=1S/C20H29FN4O3/c1-11-6-16(22)17(25(11)19(26)27-3)10-28-14-4-5-20(12(2)15(20)7-14)18-23-8-13(21)9-24-18/h8-9,11-12,14-17H,4-7,10,22H2,1-3H3/t11-,12-,14-,15+,16+,17+,20+/m1/s1. The first-order chi connectivity index (χ1) is 13.4. The molecule has 3 aliphatic rings. The van der Waals surface area contributed by atoms with Crippen LogP contribution >= 0.6 is 0 Å². The third-order valence-electron chi connectivity index (χ3n) is 7.23. The first kappa shape index (κ1) is 19.5. The first-order valence-electron chi connectivity index (χ1n) is 10.1. The lowest BCUT2D eigenvalue weighted by molar-refractivity contribution is -0.00963. The molecule has 7 atom stereocenters. The van der Waals surface area contributed by atoms with Gasteiger partial charge in [0.25, 0.3) is 0 Å². The Labute approximate surface area is 164 Å². The van der Waals surface area contributed by atoms with E-state index in [1.807, 2.05) is 6.92 Å². The van der Waals surface area contributed by atoms with E-state index in [1.165, 1.54) is 19.5 Å². The third kappa shape index (κ3) is 3.06. The topological polar surface area (TPSA) is 90.6 Å². The number of methoxy groups -OCH3 is 1. The molecule has 0 spiro atoms. The summed E-state index contributed by atoms with van der Waals surface area (Å²) in [5.74, 6) is 1.27. The summed E-state index contributed by atoms with van der Waals surface area (Å²) in [5.41, 5.74) is 6.22. The summed E-state index contributed by atoms with van der Waals surface area (Å²) in [4.78, 5) is 22.3. The van der Waals surface area contributed by atoms with Crippen LogP contribution in [0.2, 0.25) is 0 Å². The average Bonchev–Trinajstić information content (AvgIpc) is 3.17. The normalized spacial score (nSPS) is 39.5. The van der Waals surface area contributed by atoms with E-state index in [0.717, 1.165) is 31.5 Å². The highest BCUT2D eigenvalue weighted by Crippen LogP contribution is 2.66. The molecule has 1 aromatic heterocycles. The third-order valence-corrected chi connectivity index (χ3v) is 7.23. The number of hydrogen-bond donors (Lipinski definition) is 1. The molecule has 28 heavy (non-hydrogen) atoms. The number of fused-ring (bicyclic) bond motifs is 1. The highest BCUT2D eigenvalue weighted by atomic mass is 19.1. The second-order valence-electron chi connectivity index (χ2n) is 8.58. The van der Waals surface area contributed by atoms with Crippen LogP contribution in [0.5, 0.6) is 0 Å². The SMILES string of the molecule is COC(=O)N1[C@H](C)C[C@H](N)[C@@H]1CO[C@@H]1CC[C@]2(c3ncc(F)cn3)[C@H](C)[C@@H]2C1.